The quantitative estimate of drug-likeness (QED) is 0.770. The Hall–Kier alpha value is -1.63. The molecule has 3 saturated heterocycles. The molecule has 1 saturated carbocycles. The summed E-state index contributed by atoms with van der Waals surface area (Å²) in [7, 11) is 0. The lowest BCUT2D eigenvalue weighted by Crippen LogP contribution is -2.55. The van der Waals surface area contributed by atoms with Crippen molar-refractivity contribution in [2.75, 3.05) is 45.8 Å². The largest absolute Gasteiger partial charge is 0.353 e. The van der Waals surface area contributed by atoms with Gasteiger partial charge in [0.25, 0.3) is 0 Å². The number of amides is 3. The van der Waals surface area contributed by atoms with Crippen molar-refractivity contribution in [2.45, 2.75) is 44.6 Å². The number of piperidine rings is 2. The van der Waals surface area contributed by atoms with Crippen LogP contribution in [-0.2, 0) is 14.4 Å². The fourth-order valence-corrected chi connectivity index (χ4v) is 4.66. The van der Waals surface area contributed by atoms with Gasteiger partial charge in [0, 0.05) is 44.7 Å². The summed E-state index contributed by atoms with van der Waals surface area (Å²) in [5, 5.41) is 2.78. The molecule has 4 aliphatic rings. The molecule has 0 aromatic carbocycles. The molecule has 26 heavy (non-hydrogen) atoms. The second kappa shape index (κ2) is 7.55. The van der Waals surface area contributed by atoms with Gasteiger partial charge in [-0.15, -0.1) is 0 Å². The first-order valence-electron chi connectivity index (χ1n) is 10.2. The molecule has 7 heteroatoms. The van der Waals surface area contributed by atoms with Crippen LogP contribution in [0.25, 0.3) is 0 Å². The molecule has 0 aromatic heterocycles. The first-order chi connectivity index (χ1) is 12.6. The van der Waals surface area contributed by atoms with Crippen molar-refractivity contribution < 1.29 is 14.4 Å². The molecule has 1 atom stereocenters. The first kappa shape index (κ1) is 17.8. The molecule has 0 radical (unpaired) electrons. The van der Waals surface area contributed by atoms with Crippen molar-refractivity contribution >= 4 is 17.7 Å². The second-order valence-corrected chi connectivity index (χ2v) is 8.27. The van der Waals surface area contributed by atoms with E-state index >= 15 is 0 Å². The molecule has 0 bridgehead atoms. The van der Waals surface area contributed by atoms with Crippen molar-refractivity contribution in [1.29, 1.82) is 0 Å². The average Bonchev–Trinajstić information content (AvgIpc) is 3.52. The highest BCUT2D eigenvalue weighted by Gasteiger charge is 2.37. The third kappa shape index (κ3) is 3.87. The summed E-state index contributed by atoms with van der Waals surface area (Å²) < 4.78 is 0. The topological polar surface area (TPSA) is 73.0 Å². The minimum Gasteiger partial charge on any atom is -0.353 e. The van der Waals surface area contributed by atoms with Crippen molar-refractivity contribution in [3.63, 3.8) is 0 Å². The summed E-state index contributed by atoms with van der Waals surface area (Å²) in [6.45, 7) is 4.97. The van der Waals surface area contributed by atoms with Gasteiger partial charge in [0.05, 0.1) is 12.5 Å². The lowest BCUT2D eigenvalue weighted by molar-refractivity contribution is -0.143. The van der Waals surface area contributed by atoms with E-state index in [1.54, 1.807) is 4.90 Å². The minimum absolute atomic E-state index is 0.0146. The fourth-order valence-electron chi connectivity index (χ4n) is 4.66. The van der Waals surface area contributed by atoms with E-state index in [0.29, 0.717) is 31.0 Å². The van der Waals surface area contributed by atoms with Crippen molar-refractivity contribution in [3.05, 3.63) is 0 Å². The van der Waals surface area contributed by atoms with E-state index in [1.165, 1.54) is 0 Å². The SMILES string of the molecule is O=C1CN(C(=O)[C@@H]2CCCN(C3CCN(C(=O)C4CC4)CC3)C2)CCN1. The summed E-state index contributed by atoms with van der Waals surface area (Å²) in [6, 6.07) is 0.485. The number of nitrogens with zero attached hydrogens (tertiary/aromatic N) is 3. The maximum atomic E-state index is 12.8. The normalized spacial score (nSPS) is 28.8. The van der Waals surface area contributed by atoms with Crippen molar-refractivity contribution in [3.8, 4) is 0 Å². The zero-order valence-electron chi connectivity index (χ0n) is 15.5. The summed E-state index contributed by atoms with van der Waals surface area (Å²) >= 11 is 0. The monoisotopic (exact) mass is 362 g/mol. The highest BCUT2D eigenvalue weighted by Crippen LogP contribution is 2.32. The molecular formula is C19H30N4O3. The third-order valence-corrected chi connectivity index (χ3v) is 6.37. The summed E-state index contributed by atoms with van der Waals surface area (Å²) in [6.07, 6.45) is 6.15. The summed E-state index contributed by atoms with van der Waals surface area (Å²) in [5.74, 6) is 0.778. The number of rotatable bonds is 3. The van der Waals surface area contributed by atoms with Crippen LogP contribution in [0.2, 0.25) is 0 Å². The molecule has 7 nitrogen and oxygen atoms in total. The van der Waals surface area contributed by atoms with Crippen LogP contribution in [0.15, 0.2) is 0 Å². The maximum absolute atomic E-state index is 12.8. The van der Waals surface area contributed by atoms with Crippen molar-refractivity contribution in [1.82, 2.24) is 20.0 Å². The Morgan fingerprint density at radius 1 is 0.846 bits per heavy atom. The predicted octanol–water partition coefficient (Wildman–Crippen LogP) is 0.0578. The third-order valence-electron chi connectivity index (χ3n) is 6.37. The van der Waals surface area contributed by atoms with Crippen LogP contribution in [0.1, 0.15) is 38.5 Å². The highest BCUT2D eigenvalue weighted by molar-refractivity contribution is 5.87. The Kier molecular flexibility index (Phi) is 5.16. The molecule has 3 heterocycles. The van der Waals surface area contributed by atoms with Crippen molar-refractivity contribution in [2.24, 2.45) is 11.8 Å². The van der Waals surface area contributed by atoms with Gasteiger partial charge in [-0.25, -0.2) is 0 Å². The van der Waals surface area contributed by atoms with Gasteiger partial charge in [-0.3, -0.25) is 19.3 Å². The molecule has 1 aliphatic carbocycles. The Bertz CT molecular complexity index is 569. The summed E-state index contributed by atoms with van der Waals surface area (Å²) in [5.41, 5.74) is 0. The molecule has 4 rings (SSSR count). The van der Waals surface area contributed by atoms with Gasteiger partial charge < -0.3 is 15.1 Å². The number of hydrogen-bond donors (Lipinski definition) is 1. The van der Waals surface area contributed by atoms with Gasteiger partial charge in [0.15, 0.2) is 0 Å². The Balaban J connectivity index is 1.29. The molecule has 4 fully saturated rings. The van der Waals surface area contributed by atoms with E-state index < -0.39 is 0 Å². The van der Waals surface area contributed by atoms with Crippen LogP contribution >= 0.6 is 0 Å². The fraction of sp³-hybridized carbons (Fsp3) is 0.842. The maximum Gasteiger partial charge on any atom is 0.239 e. The Morgan fingerprint density at radius 2 is 1.58 bits per heavy atom. The van der Waals surface area contributed by atoms with Crippen LogP contribution in [0.4, 0.5) is 0 Å². The standard InChI is InChI=1S/C19H30N4O3/c24-17-13-23(11-7-20-17)19(26)15-2-1-8-22(12-15)16-5-9-21(10-6-16)18(25)14-3-4-14/h14-16H,1-13H2,(H,20,24)/t15-/m1/s1. The number of carbonyl (C=O) groups is 3. The first-order valence-corrected chi connectivity index (χ1v) is 10.2. The predicted molar refractivity (Wildman–Crippen MR) is 96.2 cm³/mol. The zero-order chi connectivity index (χ0) is 18.1. The van der Waals surface area contributed by atoms with Crippen LogP contribution in [0, 0.1) is 11.8 Å². The van der Waals surface area contributed by atoms with E-state index in [2.05, 4.69) is 10.2 Å². The van der Waals surface area contributed by atoms with Gasteiger partial charge in [-0.1, -0.05) is 0 Å². The van der Waals surface area contributed by atoms with E-state index in [1.807, 2.05) is 4.90 Å². The van der Waals surface area contributed by atoms with Gasteiger partial charge in [-0.05, 0) is 45.1 Å². The molecule has 0 unspecified atom stereocenters. The van der Waals surface area contributed by atoms with E-state index in [4.69, 9.17) is 0 Å². The molecule has 1 N–H and O–H groups in total. The number of hydrogen-bond acceptors (Lipinski definition) is 4. The van der Waals surface area contributed by atoms with E-state index in [-0.39, 0.29) is 24.3 Å². The number of carbonyl (C=O) groups excluding carboxylic acids is 3. The molecule has 0 spiro atoms. The van der Waals surface area contributed by atoms with Gasteiger partial charge in [-0.2, -0.15) is 0 Å². The van der Waals surface area contributed by atoms with Crippen LogP contribution in [0.5, 0.6) is 0 Å². The van der Waals surface area contributed by atoms with E-state index in [9.17, 15) is 14.4 Å². The molecule has 144 valence electrons. The van der Waals surface area contributed by atoms with Gasteiger partial charge in [0.1, 0.15) is 0 Å². The van der Waals surface area contributed by atoms with E-state index in [0.717, 1.165) is 64.7 Å². The number of likely N-dealkylation sites (tertiary alicyclic amines) is 2. The van der Waals surface area contributed by atoms with Gasteiger partial charge in [0.2, 0.25) is 17.7 Å². The average molecular weight is 362 g/mol. The van der Waals surface area contributed by atoms with Crippen LogP contribution in [-0.4, -0.2) is 84.3 Å². The smallest absolute Gasteiger partial charge is 0.239 e. The van der Waals surface area contributed by atoms with Crippen LogP contribution < -0.4 is 5.32 Å². The minimum atomic E-state index is -0.0510. The highest BCUT2D eigenvalue weighted by atomic mass is 16.2. The Morgan fingerprint density at radius 3 is 2.27 bits per heavy atom. The lowest BCUT2D eigenvalue weighted by Gasteiger charge is -2.43. The zero-order valence-corrected chi connectivity index (χ0v) is 15.5. The van der Waals surface area contributed by atoms with Gasteiger partial charge >= 0.3 is 0 Å². The number of piperazine rings is 1. The molecule has 0 aromatic rings. The second-order valence-electron chi connectivity index (χ2n) is 8.27. The van der Waals surface area contributed by atoms with Crippen LogP contribution in [0.3, 0.4) is 0 Å². The molecule has 3 aliphatic heterocycles. The Labute approximate surface area is 155 Å². The number of nitrogens with one attached hydrogen (secondary N) is 1. The molecular weight excluding hydrogens is 332 g/mol. The summed E-state index contributed by atoms with van der Waals surface area (Å²) in [4.78, 5) is 42.8. The molecule has 3 amide bonds. The lowest BCUT2D eigenvalue weighted by atomic mass is 9.92.